The van der Waals surface area contributed by atoms with Crippen LogP contribution in [0.15, 0.2) is 18.2 Å². The number of ether oxygens (including phenoxy) is 2. The summed E-state index contributed by atoms with van der Waals surface area (Å²) in [7, 11) is 3.15. The van der Waals surface area contributed by atoms with E-state index in [9.17, 15) is 4.79 Å². The fraction of sp³-hybridized carbons (Fsp3) is 0.562. The number of nitrogens with one attached hydrogen (secondary N) is 2. The third-order valence-electron chi connectivity index (χ3n) is 4.14. The first-order valence-corrected chi connectivity index (χ1v) is 7.36. The Labute approximate surface area is 126 Å². The minimum absolute atomic E-state index is 0.114. The van der Waals surface area contributed by atoms with Crippen molar-refractivity contribution in [3.63, 3.8) is 0 Å². The molecule has 0 aliphatic carbocycles. The van der Waals surface area contributed by atoms with Crippen LogP contribution < -0.4 is 20.1 Å². The third-order valence-corrected chi connectivity index (χ3v) is 4.14. The lowest BCUT2D eigenvalue weighted by Crippen LogP contribution is -2.41. The van der Waals surface area contributed by atoms with Gasteiger partial charge in [-0.2, -0.15) is 0 Å². The van der Waals surface area contributed by atoms with Crippen LogP contribution in [0.3, 0.4) is 0 Å². The molecule has 21 heavy (non-hydrogen) atoms. The summed E-state index contributed by atoms with van der Waals surface area (Å²) in [5.41, 5.74) is 0.512. The van der Waals surface area contributed by atoms with Gasteiger partial charge >= 0.3 is 0 Å². The second-order valence-electron chi connectivity index (χ2n) is 5.51. The van der Waals surface area contributed by atoms with Crippen molar-refractivity contribution in [1.82, 2.24) is 10.6 Å². The monoisotopic (exact) mass is 292 g/mol. The fourth-order valence-corrected chi connectivity index (χ4v) is 2.68. The van der Waals surface area contributed by atoms with Gasteiger partial charge in [-0.1, -0.05) is 6.92 Å². The molecule has 0 aromatic heterocycles. The molecule has 0 spiro atoms. The van der Waals surface area contributed by atoms with Crippen molar-refractivity contribution in [1.29, 1.82) is 0 Å². The van der Waals surface area contributed by atoms with Gasteiger partial charge in [0, 0.05) is 6.54 Å². The van der Waals surface area contributed by atoms with E-state index in [1.807, 2.05) is 0 Å². The summed E-state index contributed by atoms with van der Waals surface area (Å²) in [6, 6.07) is 5.24. The van der Waals surface area contributed by atoms with Gasteiger partial charge in [0.05, 0.1) is 19.8 Å². The summed E-state index contributed by atoms with van der Waals surface area (Å²) < 4.78 is 10.4. The highest BCUT2D eigenvalue weighted by Gasteiger charge is 2.22. The van der Waals surface area contributed by atoms with Crippen molar-refractivity contribution >= 4 is 5.91 Å². The lowest BCUT2D eigenvalue weighted by molar-refractivity contribution is 0.0934. The Morgan fingerprint density at radius 3 is 2.86 bits per heavy atom. The van der Waals surface area contributed by atoms with E-state index < -0.39 is 0 Å². The zero-order valence-electron chi connectivity index (χ0n) is 12.9. The summed E-state index contributed by atoms with van der Waals surface area (Å²) in [6.07, 6.45) is 1.09. The average Bonchev–Trinajstić information content (AvgIpc) is 2.53. The van der Waals surface area contributed by atoms with Crippen molar-refractivity contribution in [2.75, 3.05) is 33.9 Å². The Bertz CT molecular complexity index is 490. The van der Waals surface area contributed by atoms with Gasteiger partial charge in [-0.05, 0) is 49.5 Å². The van der Waals surface area contributed by atoms with E-state index in [-0.39, 0.29) is 5.91 Å². The highest BCUT2D eigenvalue weighted by atomic mass is 16.5. The van der Waals surface area contributed by atoms with Gasteiger partial charge in [0.2, 0.25) is 0 Å². The molecule has 1 fully saturated rings. The summed E-state index contributed by atoms with van der Waals surface area (Å²) in [5.74, 6) is 2.19. The number of piperidine rings is 1. The average molecular weight is 292 g/mol. The Balaban J connectivity index is 2.02. The van der Waals surface area contributed by atoms with Gasteiger partial charge in [0.1, 0.15) is 11.5 Å². The fourth-order valence-electron chi connectivity index (χ4n) is 2.68. The molecule has 1 aromatic carbocycles. The maximum absolute atomic E-state index is 12.4. The molecule has 1 aliphatic rings. The van der Waals surface area contributed by atoms with Crippen LogP contribution in [-0.2, 0) is 0 Å². The Kier molecular flexibility index (Phi) is 5.44. The summed E-state index contributed by atoms with van der Waals surface area (Å²) >= 11 is 0. The molecule has 2 unspecified atom stereocenters. The lowest BCUT2D eigenvalue weighted by Gasteiger charge is -2.29. The molecular formula is C16H24N2O3. The van der Waals surface area contributed by atoms with Gasteiger partial charge in [-0.15, -0.1) is 0 Å². The molecule has 1 aromatic rings. The standard InChI is InChI=1S/C16H24N2O3/c1-11-9-17-7-6-12(11)10-18-16(19)14-8-13(20-2)4-5-15(14)21-3/h4-5,8,11-12,17H,6-7,9-10H2,1-3H3,(H,18,19). The van der Waals surface area contributed by atoms with E-state index in [4.69, 9.17) is 9.47 Å². The molecule has 5 nitrogen and oxygen atoms in total. The van der Waals surface area contributed by atoms with Gasteiger partial charge in [0.15, 0.2) is 0 Å². The van der Waals surface area contributed by atoms with Crippen LogP contribution in [0.1, 0.15) is 23.7 Å². The van der Waals surface area contributed by atoms with E-state index in [0.717, 1.165) is 19.5 Å². The highest BCUT2D eigenvalue weighted by molar-refractivity contribution is 5.97. The lowest BCUT2D eigenvalue weighted by atomic mass is 9.88. The minimum Gasteiger partial charge on any atom is -0.497 e. The summed E-state index contributed by atoms with van der Waals surface area (Å²) in [4.78, 5) is 12.4. The number of hydrogen-bond acceptors (Lipinski definition) is 4. The maximum Gasteiger partial charge on any atom is 0.255 e. The largest absolute Gasteiger partial charge is 0.497 e. The maximum atomic E-state index is 12.4. The van der Waals surface area contributed by atoms with Crippen LogP contribution in [0.25, 0.3) is 0 Å². The number of rotatable bonds is 5. The highest BCUT2D eigenvalue weighted by Crippen LogP contribution is 2.24. The first-order chi connectivity index (χ1) is 10.2. The quantitative estimate of drug-likeness (QED) is 0.867. The van der Waals surface area contributed by atoms with Gasteiger partial charge in [-0.25, -0.2) is 0 Å². The molecule has 116 valence electrons. The molecule has 2 atom stereocenters. The number of methoxy groups -OCH3 is 2. The predicted octanol–water partition coefficient (Wildman–Crippen LogP) is 1.68. The van der Waals surface area contributed by atoms with Gasteiger partial charge in [0.25, 0.3) is 5.91 Å². The van der Waals surface area contributed by atoms with Crippen molar-refractivity contribution in [2.24, 2.45) is 11.8 Å². The van der Waals surface area contributed by atoms with Crippen molar-refractivity contribution in [3.05, 3.63) is 23.8 Å². The van der Waals surface area contributed by atoms with E-state index >= 15 is 0 Å². The molecule has 0 bridgehead atoms. The summed E-state index contributed by atoms with van der Waals surface area (Å²) in [6.45, 7) is 4.95. The molecule has 0 radical (unpaired) electrons. The molecule has 5 heteroatoms. The Hall–Kier alpha value is -1.75. The SMILES string of the molecule is COc1ccc(OC)c(C(=O)NCC2CCNCC2C)c1. The number of amides is 1. The first kappa shape index (κ1) is 15.6. The van der Waals surface area contributed by atoms with Crippen molar-refractivity contribution < 1.29 is 14.3 Å². The van der Waals surface area contributed by atoms with Crippen LogP contribution in [0, 0.1) is 11.8 Å². The smallest absolute Gasteiger partial charge is 0.255 e. The minimum atomic E-state index is -0.114. The molecule has 1 amide bonds. The second kappa shape index (κ2) is 7.31. The summed E-state index contributed by atoms with van der Waals surface area (Å²) in [5, 5.41) is 6.39. The predicted molar refractivity (Wildman–Crippen MR) is 82.0 cm³/mol. The van der Waals surface area contributed by atoms with Crippen LogP contribution >= 0.6 is 0 Å². The molecular weight excluding hydrogens is 268 g/mol. The number of carbonyl (C=O) groups is 1. The molecule has 1 saturated heterocycles. The Morgan fingerprint density at radius 2 is 2.19 bits per heavy atom. The zero-order chi connectivity index (χ0) is 15.2. The van der Waals surface area contributed by atoms with Crippen LogP contribution in [0.2, 0.25) is 0 Å². The molecule has 0 saturated carbocycles. The molecule has 1 heterocycles. The van der Waals surface area contributed by atoms with Crippen LogP contribution in [-0.4, -0.2) is 39.8 Å². The third kappa shape index (κ3) is 3.88. The number of benzene rings is 1. The topological polar surface area (TPSA) is 59.6 Å². The zero-order valence-corrected chi connectivity index (χ0v) is 12.9. The molecule has 2 N–H and O–H groups in total. The number of carbonyl (C=O) groups excluding carboxylic acids is 1. The van der Waals surface area contributed by atoms with E-state index in [0.29, 0.717) is 35.4 Å². The van der Waals surface area contributed by atoms with Gasteiger partial charge in [-0.3, -0.25) is 4.79 Å². The molecule has 1 aliphatic heterocycles. The van der Waals surface area contributed by atoms with E-state index in [1.54, 1.807) is 32.4 Å². The van der Waals surface area contributed by atoms with Crippen molar-refractivity contribution in [2.45, 2.75) is 13.3 Å². The first-order valence-electron chi connectivity index (χ1n) is 7.36. The van der Waals surface area contributed by atoms with Crippen LogP contribution in [0.5, 0.6) is 11.5 Å². The van der Waals surface area contributed by atoms with E-state index in [2.05, 4.69) is 17.6 Å². The molecule has 2 rings (SSSR count). The van der Waals surface area contributed by atoms with Crippen LogP contribution in [0.4, 0.5) is 0 Å². The Morgan fingerprint density at radius 1 is 1.38 bits per heavy atom. The normalized spacial score (nSPS) is 21.7. The van der Waals surface area contributed by atoms with E-state index in [1.165, 1.54) is 0 Å². The second-order valence-corrected chi connectivity index (χ2v) is 5.51. The number of hydrogen-bond donors (Lipinski definition) is 2. The van der Waals surface area contributed by atoms with Crippen molar-refractivity contribution in [3.8, 4) is 11.5 Å². The van der Waals surface area contributed by atoms with Gasteiger partial charge < -0.3 is 20.1 Å².